The number of likely N-dealkylation sites (N-methyl/N-ethyl adjacent to an activating group) is 1. The molecule has 1 atom stereocenters. The highest BCUT2D eigenvalue weighted by Gasteiger charge is 2.10. The second kappa shape index (κ2) is 6.19. The summed E-state index contributed by atoms with van der Waals surface area (Å²) in [4.78, 5) is 13.7. The molecule has 2 aromatic rings. The molecule has 0 radical (unpaired) electrons. The first-order valence-electron chi connectivity index (χ1n) is 6.31. The normalized spacial score (nSPS) is 12.2. The fourth-order valence-electron chi connectivity index (χ4n) is 1.68. The van der Waals surface area contributed by atoms with Crippen molar-refractivity contribution in [1.29, 1.82) is 0 Å². The molecular formula is C13H20N6. The monoisotopic (exact) mass is 260 g/mol. The number of rotatable bonds is 6. The van der Waals surface area contributed by atoms with Crippen LogP contribution in [0.5, 0.6) is 0 Å². The average Bonchev–Trinajstić information content (AvgIpc) is 2.97. The minimum Gasteiger partial charge on any atom is -0.364 e. The molecule has 0 amide bonds. The third-order valence-electron chi connectivity index (χ3n) is 3.14. The number of nitrogens with one attached hydrogen (secondary N) is 2. The number of nitrogens with two attached hydrogens (primary N) is 1. The molecule has 0 aliphatic heterocycles. The van der Waals surface area contributed by atoms with Gasteiger partial charge in [-0.2, -0.15) is 0 Å². The lowest BCUT2D eigenvalue weighted by Gasteiger charge is -2.24. The van der Waals surface area contributed by atoms with E-state index in [1.54, 1.807) is 6.33 Å². The summed E-state index contributed by atoms with van der Waals surface area (Å²) in [7, 11) is 1.98. The van der Waals surface area contributed by atoms with Crippen molar-refractivity contribution in [3.8, 4) is 0 Å². The Labute approximate surface area is 113 Å². The summed E-state index contributed by atoms with van der Waals surface area (Å²) in [6, 6.07) is 6.16. The predicted octanol–water partition coefficient (Wildman–Crippen LogP) is 1.20. The smallest absolute Gasteiger partial charge is 0.134 e. The number of aromatic nitrogens is 3. The van der Waals surface area contributed by atoms with Gasteiger partial charge >= 0.3 is 0 Å². The lowest BCUT2D eigenvalue weighted by atomic mass is 10.3. The molecule has 0 spiro atoms. The molecule has 0 aliphatic carbocycles. The Balaban J connectivity index is 2.02. The van der Waals surface area contributed by atoms with Gasteiger partial charge in [-0.3, -0.25) is 0 Å². The molecule has 2 heterocycles. The van der Waals surface area contributed by atoms with Crippen molar-refractivity contribution in [2.75, 3.05) is 23.8 Å². The lowest BCUT2D eigenvalue weighted by Crippen LogP contribution is -2.35. The summed E-state index contributed by atoms with van der Waals surface area (Å²) < 4.78 is 0. The van der Waals surface area contributed by atoms with Crippen LogP contribution in [0.25, 0.3) is 0 Å². The van der Waals surface area contributed by atoms with Crippen molar-refractivity contribution in [3.63, 3.8) is 0 Å². The van der Waals surface area contributed by atoms with E-state index < -0.39 is 0 Å². The standard InChI is InChI=1S/C13H20N6/c1-10(7-14)19(2)13-6-12(17-9-18-13)16-8-11-4-3-5-15-11/h3-6,9-10,15H,7-8,14H2,1-2H3,(H,16,17,18). The topological polar surface area (TPSA) is 82.9 Å². The van der Waals surface area contributed by atoms with Crippen LogP contribution in [0.2, 0.25) is 0 Å². The van der Waals surface area contributed by atoms with Gasteiger partial charge < -0.3 is 20.9 Å². The first-order valence-corrected chi connectivity index (χ1v) is 6.31. The molecule has 19 heavy (non-hydrogen) atoms. The number of anilines is 2. The van der Waals surface area contributed by atoms with Gasteiger partial charge in [-0.05, 0) is 19.1 Å². The van der Waals surface area contributed by atoms with E-state index in [0.717, 1.165) is 17.3 Å². The van der Waals surface area contributed by atoms with Gasteiger partial charge in [-0.25, -0.2) is 9.97 Å². The van der Waals surface area contributed by atoms with Crippen LogP contribution < -0.4 is 16.0 Å². The molecule has 6 heteroatoms. The maximum absolute atomic E-state index is 5.67. The fourth-order valence-corrected chi connectivity index (χ4v) is 1.68. The molecule has 6 nitrogen and oxygen atoms in total. The van der Waals surface area contributed by atoms with Crippen LogP contribution in [0.15, 0.2) is 30.7 Å². The molecule has 102 valence electrons. The van der Waals surface area contributed by atoms with Crippen molar-refractivity contribution < 1.29 is 0 Å². The third-order valence-corrected chi connectivity index (χ3v) is 3.14. The minimum atomic E-state index is 0.242. The van der Waals surface area contributed by atoms with Gasteiger partial charge in [0.05, 0.1) is 6.54 Å². The van der Waals surface area contributed by atoms with Crippen LogP contribution in [0.4, 0.5) is 11.6 Å². The van der Waals surface area contributed by atoms with Gasteiger partial charge in [0, 0.05) is 37.6 Å². The SMILES string of the molecule is CC(CN)N(C)c1cc(NCc2ccc[nH]2)ncn1. The molecule has 0 aliphatic rings. The Bertz CT molecular complexity index is 496. The molecule has 0 saturated heterocycles. The van der Waals surface area contributed by atoms with Crippen molar-refractivity contribution in [2.45, 2.75) is 19.5 Å². The predicted molar refractivity (Wildman–Crippen MR) is 77.1 cm³/mol. The number of hydrogen-bond acceptors (Lipinski definition) is 5. The molecule has 0 bridgehead atoms. The van der Waals surface area contributed by atoms with Crippen LogP contribution in [0.1, 0.15) is 12.6 Å². The van der Waals surface area contributed by atoms with Gasteiger partial charge in [-0.1, -0.05) is 0 Å². The summed E-state index contributed by atoms with van der Waals surface area (Å²) in [6.07, 6.45) is 3.46. The van der Waals surface area contributed by atoms with E-state index in [4.69, 9.17) is 5.73 Å². The largest absolute Gasteiger partial charge is 0.364 e. The Morgan fingerprint density at radius 3 is 3.00 bits per heavy atom. The fraction of sp³-hybridized carbons (Fsp3) is 0.385. The molecule has 4 N–H and O–H groups in total. The molecule has 0 aromatic carbocycles. The Morgan fingerprint density at radius 1 is 1.47 bits per heavy atom. The summed E-state index contributed by atoms with van der Waals surface area (Å²) in [5.41, 5.74) is 6.78. The van der Waals surface area contributed by atoms with E-state index in [2.05, 4.69) is 27.2 Å². The van der Waals surface area contributed by atoms with E-state index in [0.29, 0.717) is 13.1 Å². The zero-order valence-electron chi connectivity index (χ0n) is 11.3. The zero-order chi connectivity index (χ0) is 13.7. The number of hydrogen-bond donors (Lipinski definition) is 3. The third kappa shape index (κ3) is 3.45. The highest BCUT2D eigenvalue weighted by molar-refractivity contribution is 5.48. The van der Waals surface area contributed by atoms with Crippen LogP contribution in [-0.2, 0) is 6.54 Å². The van der Waals surface area contributed by atoms with Crippen molar-refractivity contribution in [2.24, 2.45) is 5.73 Å². The number of aromatic amines is 1. The number of nitrogens with zero attached hydrogens (tertiary/aromatic N) is 3. The molecule has 0 saturated carbocycles. The highest BCUT2D eigenvalue weighted by Crippen LogP contribution is 2.15. The van der Waals surface area contributed by atoms with Gasteiger partial charge in [0.25, 0.3) is 0 Å². The molecule has 0 fully saturated rings. The molecular weight excluding hydrogens is 240 g/mol. The summed E-state index contributed by atoms with van der Waals surface area (Å²) >= 11 is 0. The summed E-state index contributed by atoms with van der Waals surface area (Å²) in [5.74, 6) is 1.66. The van der Waals surface area contributed by atoms with E-state index in [9.17, 15) is 0 Å². The van der Waals surface area contributed by atoms with Crippen LogP contribution >= 0.6 is 0 Å². The maximum atomic E-state index is 5.67. The Kier molecular flexibility index (Phi) is 4.35. The summed E-state index contributed by atoms with van der Waals surface area (Å²) in [6.45, 7) is 3.36. The van der Waals surface area contributed by atoms with Gasteiger partial charge in [0.2, 0.25) is 0 Å². The van der Waals surface area contributed by atoms with Crippen molar-refractivity contribution >= 4 is 11.6 Å². The second-order valence-corrected chi connectivity index (χ2v) is 4.51. The molecule has 1 unspecified atom stereocenters. The van der Waals surface area contributed by atoms with Crippen LogP contribution in [0, 0.1) is 0 Å². The second-order valence-electron chi connectivity index (χ2n) is 4.51. The molecule has 2 aromatic heterocycles. The molecule has 2 rings (SSSR count). The maximum Gasteiger partial charge on any atom is 0.134 e. The Morgan fingerprint density at radius 2 is 2.32 bits per heavy atom. The van der Waals surface area contributed by atoms with Crippen molar-refractivity contribution in [3.05, 3.63) is 36.4 Å². The van der Waals surface area contributed by atoms with E-state index in [1.807, 2.05) is 36.3 Å². The Hall–Kier alpha value is -2.08. The van der Waals surface area contributed by atoms with Gasteiger partial charge in [0.15, 0.2) is 0 Å². The van der Waals surface area contributed by atoms with Crippen molar-refractivity contribution in [1.82, 2.24) is 15.0 Å². The first-order chi connectivity index (χ1) is 9.20. The number of H-pyrrole nitrogens is 1. The van der Waals surface area contributed by atoms with Crippen LogP contribution in [0.3, 0.4) is 0 Å². The average molecular weight is 260 g/mol. The van der Waals surface area contributed by atoms with Crippen LogP contribution in [-0.4, -0.2) is 34.6 Å². The highest BCUT2D eigenvalue weighted by atomic mass is 15.2. The lowest BCUT2D eigenvalue weighted by molar-refractivity contribution is 0.686. The van der Waals surface area contributed by atoms with E-state index in [1.165, 1.54) is 0 Å². The van der Waals surface area contributed by atoms with Gasteiger partial charge in [0.1, 0.15) is 18.0 Å². The van der Waals surface area contributed by atoms with Gasteiger partial charge in [-0.15, -0.1) is 0 Å². The van der Waals surface area contributed by atoms with E-state index >= 15 is 0 Å². The minimum absolute atomic E-state index is 0.242. The quantitative estimate of drug-likeness (QED) is 0.727. The zero-order valence-corrected chi connectivity index (χ0v) is 11.3. The summed E-state index contributed by atoms with van der Waals surface area (Å²) in [5, 5.41) is 3.26. The van der Waals surface area contributed by atoms with E-state index in [-0.39, 0.29) is 6.04 Å². The first kappa shape index (κ1) is 13.4.